The molecular formula is C13H22N4S. The minimum atomic E-state index is 0.0472. The summed E-state index contributed by atoms with van der Waals surface area (Å²) in [6, 6.07) is 0.793. The third kappa shape index (κ3) is 2.39. The van der Waals surface area contributed by atoms with E-state index in [4.69, 9.17) is 5.73 Å². The molecule has 0 radical (unpaired) electrons. The number of thiazole rings is 1. The predicted octanol–water partition coefficient (Wildman–Crippen LogP) is 1.84. The first kappa shape index (κ1) is 12.4. The SMILES string of the molecule is CC(N)c1csc(N2CCN3CCCCC3C2)n1. The van der Waals surface area contributed by atoms with Crippen LogP contribution in [0, 0.1) is 0 Å². The second kappa shape index (κ2) is 5.15. The Labute approximate surface area is 113 Å². The van der Waals surface area contributed by atoms with E-state index in [-0.39, 0.29) is 6.04 Å². The molecule has 1 aromatic heterocycles. The first-order chi connectivity index (χ1) is 8.74. The van der Waals surface area contributed by atoms with E-state index in [1.807, 2.05) is 6.92 Å². The van der Waals surface area contributed by atoms with Crippen LogP contribution >= 0.6 is 11.3 Å². The molecule has 2 atom stereocenters. The molecule has 0 saturated carbocycles. The number of piperazine rings is 1. The fraction of sp³-hybridized carbons (Fsp3) is 0.769. The molecule has 0 aliphatic carbocycles. The molecule has 1 aromatic rings. The van der Waals surface area contributed by atoms with Crippen molar-refractivity contribution in [2.75, 3.05) is 31.1 Å². The summed E-state index contributed by atoms with van der Waals surface area (Å²) in [5.74, 6) is 0. The lowest BCUT2D eigenvalue weighted by Crippen LogP contribution is -2.54. The van der Waals surface area contributed by atoms with Crippen molar-refractivity contribution in [3.05, 3.63) is 11.1 Å². The minimum Gasteiger partial charge on any atom is -0.345 e. The summed E-state index contributed by atoms with van der Waals surface area (Å²) >= 11 is 1.74. The number of rotatable bonds is 2. The van der Waals surface area contributed by atoms with Gasteiger partial charge in [0.2, 0.25) is 0 Å². The van der Waals surface area contributed by atoms with E-state index in [2.05, 4.69) is 20.2 Å². The Morgan fingerprint density at radius 2 is 2.28 bits per heavy atom. The van der Waals surface area contributed by atoms with Crippen LogP contribution in [0.2, 0.25) is 0 Å². The van der Waals surface area contributed by atoms with Crippen LogP contribution in [0.3, 0.4) is 0 Å². The van der Waals surface area contributed by atoms with E-state index < -0.39 is 0 Å². The van der Waals surface area contributed by atoms with Crippen molar-refractivity contribution in [1.29, 1.82) is 0 Å². The van der Waals surface area contributed by atoms with Crippen molar-refractivity contribution in [3.63, 3.8) is 0 Å². The van der Waals surface area contributed by atoms with E-state index in [0.29, 0.717) is 0 Å². The second-order valence-corrected chi connectivity index (χ2v) is 6.31. The Bertz CT molecular complexity index is 403. The fourth-order valence-electron chi connectivity index (χ4n) is 2.96. The molecule has 2 saturated heterocycles. The van der Waals surface area contributed by atoms with E-state index in [1.165, 1.54) is 32.4 Å². The Morgan fingerprint density at radius 1 is 1.39 bits per heavy atom. The zero-order chi connectivity index (χ0) is 12.5. The van der Waals surface area contributed by atoms with Crippen LogP contribution in [0.25, 0.3) is 0 Å². The van der Waals surface area contributed by atoms with Crippen molar-refractivity contribution in [3.8, 4) is 0 Å². The van der Waals surface area contributed by atoms with Crippen molar-refractivity contribution >= 4 is 16.5 Å². The summed E-state index contributed by atoms with van der Waals surface area (Å²) in [5.41, 5.74) is 6.91. The molecule has 2 aliphatic rings. The monoisotopic (exact) mass is 266 g/mol. The van der Waals surface area contributed by atoms with Crippen LogP contribution in [-0.4, -0.2) is 42.1 Å². The summed E-state index contributed by atoms with van der Waals surface area (Å²) in [4.78, 5) is 9.77. The second-order valence-electron chi connectivity index (χ2n) is 5.48. The topological polar surface area (TPSA) is 45.4 Å². The van der Waals surface area contributed by atoms with Gasteiger partial charge in [-0.15, -0.1) is 11.3 Å². The Kier molecular flexibility index (Phi) is 3.54. The van der Waals surface area contributed by atoms with Crippen molar-refractivity contribution in [1.82, 2.24) is 9.88 Å². The van der Waals surface area contributed by atoms with Gasteiger partial charge in [0.25, 0.3) is 0 Å². The lowest BCUT2D eigenvalue weighted by atomic mass is 10.00. The van der Waals surface area contributed by atoms with Crippen molar-refractivity contribution in [2.24, 2.45) is 5.73 Å². The number of aromatic nitrogens is 1. The maximum atomic E-state index is 5.88. The highest BCUT2D eigenvalue weighted by Crippen LogP contribution is 2.28. The Hall–Kier alpha value is -0.650. The van der Waals surface area contributed by atoms with Gasteiger partial charge in [0.1, 0.15) is 0 Å². The van der Waals surface area contributed by atoms with E-state index in [0.717, 1.165) is 30.0 Å². The van der Waals surface area contributed by atoms with Gasteiger partial charge >= 0.3 is 0 Å². The number of hydrogen-bond donors (Lipinski definition) is 1. The third-order valence-electron chi connectivity index (χ3n) is 4.08. The van der Waals surface area contributed by atoms with Gasteiger partial charge in [-0.25, -0.2) is 4.98 Å². The average Bonchev–Trinajstić information content (AvgIpc) is 2.88. The number of nitrogens with zero attached hydrogens (tertiary/aromatic N) is 3. The molecule has 4 nitrogen and oxygen atoms in total. The summed E-state index contributed by atoms with van der Waals surface area (Å²) in [6.45, 7) is 6.74. The number of fused-ring (bicyclic) bond motifs is 1. The molecule has 3 rings (SSSR count). The summed E-state index contributed by atoms with van der Waals surface area (Å²) in [7, 11) is 0. The molecule has 2 aliphatic heterocycles. The first-order valence-corrected chi connectivity index (χ1v) is 7.82. The quantitative estimate of drug-likeness (QED) is 0.887. The maximum absolute atomic E-state index is 5.88. The molecule has 2 N–H and O–H groups in total. The largest absolute Gasteiger partial charge is 0.345 e. The van der Waals surface area contributed by atoms with Crippen LogP contribution in [-0.2, 0) is 0 Å². The van der Waals surface area contributed by atoms with Crippen molar-refractivity contribution in [2.45, 2.75) is 38.3 Å². The van der Waals surface area contributed by atoms with Gasteiger partial charge in [0.15, 0.2) is 5.13 Å². The van der Waals surface area contributed by atoms with Crippen LogP contribution in [0.4, 0.5) is 5.13 Å². The number of piperidine rings is 1. The van der Waals surface area contributed by atoms with Gasteiger partial charge in [-0.2, -0.15) is 0 Å². The molecule has 18 heavy (non-hydrogen) atoms. The van der Waals surface area contributed by atoms with Crippen LogP contribution in [0.15, 0.2) is 5.38 Å². The number of hydrogen-bond acceptors (Lipinski definition) is 5. The Morgan fingerprint density at radius 3 is 3.06 bits per heavy atom. The molecular weight excluding hydrogens is 244 g/mol. The van der Waals surface area contributed by atoms with Crippen molar-refractivity contribution < 1.29 is 0 Å². The standard InChI is InChI=1S/C13H22N4S/c1-10(14)12-9-18-13(15-12)17-7-6-16-5-3-2-4-11(16)8-17/h9-11H,2-8,14H2,1H3. The highest BCUT2D eigenvalue weighted by Gasteiger charge is 2.29. The first-order valence-electron chi connectivity index (χ1n) is 6.94. The molecule has 2 fully saturated rings. The fourth-order valence-corrected chi connectivity index (χ4v) is 3.93. The molecule has 5 heteroatoms. The summed E-state index contributed by atoms with van der Waals surface area (Å²) < 4.78 is 0. The average molecular weight is 266 g/mol. The number of nitrogens with two attached hydrogens (primary N) is 1. The molecule has 0 spiro atoms. The van der Waals surface area contributed by atoms with E-state index in [1.54, 1.807) is 11.3 Å². The highest BCUT2D eigenvalue weighted by atomic mass is 32.1. The van der Waals surface area contributed by atoms with Gasteiger partial charge in [-0.3, -0.25) is 4.90 Å². The van der Waals surface area contributed by atoms with Gasteiger partial charge in [-0.1, -0.05) is 6.42 Å². The zero-order valence-corrected chi connectivity index (χ0v) is 11.8. The molecule has 0 aromatic carbocycles. The van der Waals surface area contributed by atoms with Gasteiger partial charge in [0, 0.05) is 37.1 Å². The third-order valence-corrected chi connectivity index (χ3v) is 5.00. The van der Waals surface area contributed by atoms with Gasteiger partial charge in [-0.05, 0) is 26.3 Å². The van der Waals surface area contributed by atoms with Gasteiger partial charge < -0.3 is 10.6 Å². The lowest BCUT2D eigenvalue weighted by molar-refractivity contribution is 0.133. The maximum Gasteiger partial charge on any atom is 0.185 e. The zero-order valence-electron chi connectivity index (χ0n) is 11.0. The lowest BCUT2D eigenvalue weighted by Gasteiger charge is -2.44. The van der Waals surface area contributed by atoms with Crippen LogP contribution < -0.4 is 10.6 Å². The summed E-state index contributed by atoms with van der Waals surface area (Å²) in [6.07, 6.45) is 4.11. The minimum absolute atomic E-state index is 0.0472. The molecule has 100 valence electrons. The van der Waals surface area contributed by atoms with Crippen LogP contribution in [0.1, 0.15) is 37.9 Å². The molecule has 2 unspecified atom stereocenters. The highest BCUT2D eigenvalue weighted by molar-refractivity contribution is 7.13. The van der Waals surface area contributed by atoms with Crippen LogP contribution in [0.5, 0.6) is 0 Å². The smallest absolute Gasteiger partial charge is 0.185 e. The molecule has 3 heterocycles. The number of anilines is 1. The summed E-state index contributed by atoms with van der Waals surface area (Å²) in [5, 5.41) is 3.26. The normalized spacial score (nSPS) is 27.0. The molecule has 0 amide bonds. The van der Waals surface area contributed by atoms with E-state index >= 15 is 0 Å². The van der Waals surface area contributed by atoms with Gasteiger partial charge in [0.05, 0.1) is 5.69 Å². The molecule has 0 bridgehead atoms. The van der Waals surface area contributed by atoms with E-state index in [9.17, 15) is 0 Å². The Balaban J connectivity index is 1.69. The predicted molar refractivity (Wildman–Crippen MR) is 76.1 cm³/mol.